The Labute approximate surface area is 214 Å². The first-order valence-corrected chi connectivity index (χ1v) is 13.4. The van der Waals surface area contributed by atoms with Crippen molar-refractivity contribution in [2.24, 2.45) is 11.1 Å². The minimum atomic E-state index is -0.0970. The van der Waals surface area contributed by atoms with E-state index in [1.54, 1.807) is 6.33 Å². The third-order valence-electron chi connectivity index (χ3n) is 9.57. The fraction of sp³-hybridized carbons (Fsp3) is 0.379. The van der Waals surface area contributed by atoms with Gasteiger partial charge in [0.25, 0.3) is 0 Å². The number of nitrogens with zero attached hydrogens (tertiary/aromatic N) is 6. The van der Waals surface area contributed by atoms with Crippen LogP contribution in [0.1, 0.15) is 60.5 Å². The first kappa shape index (κ1) is 21.3. The molecule has 3 aliphatic rings. The van der Waals surface area contributed by atoms with Crippen molar-refractivity contribution < 1.29 is 0 Å². The fourth-order valence-corrected chi connectivity index (χ4v) is 7.31. The van der Waals surface area contributed by atoms with Gasteiger partial charge in [0.15, 0.2) is 11.3 Å². The lowest BCUT2D eigenvalue weighted by Crippen LogP contribution is -2.45. The van der Waals surface area contributed by atoms with Gasteiger partial charge >= 0.3 is 0 Å². The molecular weight excluding hydrogens is 460 g/mol. The van der Waals surface area contributed by atoms with Gasteiger partial charge in [0, 0.05) is 24.5 Å². The number of rotatable bonds is 3. The molecule has 2 aromatic carbocycles. The smallest absolute Gasteiger partial charge is 0.214 e. The standard InChI is InChI=1S/C29H30N8/c30-23-21-10-5-4-7-19(21)17-28(23)13-15-36(16-14-28)27-32-25-22(26-35-31-18-37(26)27)24(33-34-25)29(11-6-12-29)20-8-2-1-3-9-20/h1-5,7-10,18,23H,6,11-17,30H2,(H,33,34)/t23-/m1/s1. The number of anilines is 1. The highest BCUT2D eigenvalue weighted by Gasteiger charge is 2.47. The van der Waals surface area contributed by atoms with Gasteiger partial charge in [-0.3, -0.25) is 9.50 Å². The predicted octanol–water partition coefficient (Wildman–Crippen LogP) is 4.31. The van der Waals surface area contributed by atoms with Crippen LogP contribution in [0.2, 0.25) is 0 Å². The van der Waals surface area contributed by atoms with Crippen LogP contribution >= 0.6 is 0 Å². The first-order chi connectivity index (χ1) is 18.2. The minimum Gasteiger partial charge on any atom is -0.342 e. The summed E-state index contributed by atoms with van der Waals surface area (Å²) in [7, 11) is 0. The Bertz CT molecular complexity index is 1620. The molecule has 3 aromatic heterocycles. The number of H-pyrrole nitrogens is 1. The average molecular weight is 491 g/mol. The number of aromatic nitrogens is 6. The summed E-state index contributed by atoms with van der Waals surface area (Å²) in [6, 6.07) is 19.5. The Morgan fingerprint density at radius 1 is 0.946 bits per heavy atom. The van der Waals surface area contributed by atoms with Crippen LogP contribution in [0, 0.1) is 5.41 Å². The van der Waals surface area contributed by atoms with Crippen molar-refractivity contribution in [1.82, 2.24) is 29.8 Å². The molecule has 2 aliphatic carbocycles. The highest BCUT2D eigenvalue weighted by Crippen LogP contribution is 2.52. The molecule has 37 heavy (non-hydrogen) atoms. The summed E-state index contributed by atoms with van der Waals surface area (Å²) in [4.78, 5) is 7.49. The Kier molecular flexibility index (Phi) is 4.39. The van der Waals surface area contributed by atoms with Gasteiger partial charge in [0.1, 0.15) is 6.33 Å². The third-order valence-corrected chi connectivity index (χ3v) is 9.57. The molecular formula is C29H30N8. The van der Waals surface area contributed by atoms with Gasteiger partial charge in [-0.1, -0.05) is 61.0 Å². The lowest BCUT2D eigenvalue weighted by Gasteiger charge is -2.42. The third kappa shape index (κ3) is 2.87. The van der Waals surface area contributed by atoms with Gasteiger partial charge in [0.2, 0.25) is 5.95 Å². The highest BCUT2D eigenvalue weighted by atomic mass is 15.4. The Morgan fingerprint density at radius 3 is 2.49 bits per heavy atom. The molecule has 1 saturated heterocycles. The number of hydrogen-bond acceptors (Lipinski definition) is 6. The second kappa shape index (κ2) is 7.61. The number of fused-ring (bicyclic) bond motifs is 4. The summed E-state index contributed by atoms with van der Waals surface area (Å²) in [5.41, 5.74) is 13.6. The number of piperidine rings is 1. The van der Waals surface area contributed by atoms with Crippen LogP contribution in [0.25, 0.3) is 16.7 Å². The van der Waals surface area contributed by atoms with Crippen LogP contribution in [-0.2, 0) is 11.8 Å². The fourth-order valence-electron chi connectivity index (χ4n) is 7.31. The molecule has 5 aromatic rings. The molecule has 1 atom stereocenters. The zero-order valence-corrected chi connectivity index (χ0v) is 20.8. The molecule has 0 bridgehead atoms. The molecule has 1 saturated carbocycles. The zero-order valence-electron chi connectivity index (χ0n) is 20.8. The molecule has 1 spiro atoms. The number of nitrogens with two attached hydrogens (primary N) is 1. The summed E-state index contributed by atoms with van der Waals surface area (Å²) >= 11 is 0. The monoisotopic (exact) mass is 490 g/mol. The molecule has 0 unspecified atom stereocenters. The van der Waals surface area contributed by atoms with Crippen LogP contribution in [0.4, 0.5) is 5.95 Å². The minimum absolute atomic E-state index is 0.0970. The van der Waals surface area contributed by atoms with E-state index in [0.717, 1.165) is 73.5 Å². The maximum absolute atomic E-state index is 6.83. The second-order valence-electron chi connectivity index (χ2n) is 11.2. The van der Waals surface area contributed by atoms with Gasteiger partial charge in [0.05, 0.1) is 11.1 Å². The quantitative estimate of drug-likeness (QED) is 0.391. The maximum atomic E-state index is 6.83. The SMILES string of the molecule is N[C@@H]1c2ccccc2CC12CCN(c1nc3[nH]nc(C4(c5ccccc5)CCC4)c3c3nncn13)CC2. The van der Waals surface area contributed by atoms with E-state index in [9.17, 15) is 0 Å². The van der Waals surface area contributed by atoms with E-state index in [1.165, 1.54) is 23.1 Å². The summed E-state index contributed by atoms with van der Waals surface area (Å²) < 4.78 is 2.06. The van der Waals surface area contributed by atoms with Gasteiger partial charge < -0.3 is 10.6 Å². The Morgan fingerprint density at radius 2 is 1.73 bits per heavy atom. The van der Waals surface area contributed by atoms with Crippen molar-refractivity contribution in [1.29, 1.82) is 0 Å². The molecule has 1 aliphatic heterocycles. The second-order valence-corrected chi connectivity index (χ2v) is 11.2. The molecule has 0 amide bonds. The lowest BCUT2D eigenvalue weighted by molar-refractivity contribution is 0.187. The number of hydrogen-bond donors (Lipinski definition) is 2. The van der Waals surface area contributed by atoms with Gasteiger partial charge in [-0.15, -0.1) is 10.2 Å². The number of nitrogens with one attached hydrogen (secondary N) is 1. The molecule has 8 nitrogen and oxygen atoms in total. The van der Waals surface area contributed by atoms with Gasteiger partial charge in [-0.25, -0.2) is 0 Å². The summed E-state index contributed by atoms with van der Waals surface area (Å²) in [5.74, 6) is 0.879. The summed E-state index contributed by atoms with van der Waals surface area (Å²) in [5, 5.41) is 18.0. The van der Waals surface area contributed by atoms with E-state index in [2.05, 4.69) is 79.2 Å². The van der Waals surface area contributed by atoms with Crippen LogP contribution in [0.3, 0.4) is 0 Å². The molecule has 8 heteroatoms. The Balaban J connectivity index is 1.16. The van der Waals surface area contributed by atoms with E-state index in [1.807, 2.05) is 0 Å². The van der Waals surface area contributed by atoms with Gasteiger partial charge in [-0.2, -0.15) is 10.1 Å². The Hall–Kier alpha value is -3.78. The summed E-state index contributed by atoms with van der Waals surface area (Å²) in [6.07, 6.45) is 8.30. The molecule has 3 N–H and O–H groups in total. The van der Waals surface area contributed by atoms with Crippen molar-refractivity contribution in [3.8, 4) is 0 Å². The predicted molar refractivity (Wildman–Crippen MR) is 142 cm³/mol. The van der Waals surface area contributed by atoms with E-state index in [-0.39, 0.29) is 16.9 Å². The van der Waals surface area contributed by atoms with Crippen LogP contribution in [0.5, 0.6) is 0 Å². The number of benzene rings is 2. The van der Waals surface area contributed by atoms with Crippen molar-refractivity contribution in [3.63, 3.8) is 0 Å². The van der Waals surface area contributed by atoms with Crippen molar-refractivity contribution >= 4 is 22.6 Å². The molecule has 2 fully saturated rings. The highest BCUT2D eigenvalue weighted by molar-refractivity contribution is 5.93. The van der Waals surface area contributed by atoms with Crippen LogP contribution in [0.15, 0.2) is 60.9 Å². The van der Waals surface area contributed by atoms with Crippen molar-refractivity contribution in [3.05, 3.63) is 83.3 Å². The van der Waals surface area contributed by atoms with Crippen molar-refractivity contribution in [2.75, 3.05) is 18.0 Å². The largest absolute Gasteiger partial charge is 0.342 e. The van der Waals surface area contributed by atoms with E-state index in [0.29, 0.717) is 0 Å². The molecule has 0 radical (unpaired) electrons. The molecule has 186 valence electrons. The van der Waals surface area contributed by atoms with Gasteiger partial charge in [-0.05, 0) is 54.2 Å². The normalized spacial score (nSPS) is 22.0. The number of aromatic amines is 1. The van der Waals surface area contributed by atoms with E-state index in [4.69, 9.17) is 15.8 Å². The molecule has 4 heterocycles. The molecule has 8 rings (SSSR count). The average Bonchev–Trinajstić information content (AvgIpc) is 3.62. The zero-order chi connectivity index (χ0) is 24.6. The van der Waals surface area contributed by atoms with Crippen LogP contribution in [-0.4, -0.2) is 42.9 Å². The van der Waals surface area contributed by atoms with E-state index >= 15 is 0 Å². The van der Waals surface area contributed by atoms with Crippen molar-refractivity contribution in [2.45, 2.75) is 50.0 Å². The first-order valence-electron chi connectivity index (χ1n) is 13.4. The maximum Gasteiger partial charge on any atom is 0.214 e. The van der Waals surface area contributed by atoms with E-state index < -0.39 is 0 Å². The topological polar surface area (TPSA) is 101 Å². The summed E-state index contributed by atoms with van der Waals surface area (Å²) in [6.45, 7) is 1.81. The lowest BCUT2D eigenvalue weighted by atomic mass is 9.62. The van der Waals surface area contributed by atoms with Crippen LogP contribution < -0.4 is 10.6 Å².